The van der Waals surface area contributed by atoms with Crippen LogP contribution in [0.5, 0.6) is 5.75 Å². The number of hydrogen-bond donors (Lipinski definition) is 1. The zero-order chi connectivity index (χ0) is 16.4. The SMILES string of the molecule is CCC(=O)NCC1CCCCc2c1c1cc(OC)ccc1n2C. The van der Waals surface area contributed by atoms with E-state index in [1.165, 1.54) is 35.0 Å². The Morgan fingerprint density at radius 3 is 2.96 bits per heavy atom. The number of methoxy groups -OCH3 is 1. The maximum absolute atomic E-state index is 11.7. The molecule has 0 bridgehead atoms. The van der Waals surface area contributed by atoms with Crippen molar-refractivity contribution in [2.75, 3.05) is 13.7 Å². The lowest BCUT2D eigenvalue weighted by molar-refractivity contribution is -0.120. The smallest absolute Gasteiger partial charge is 0.219 e. The molecular weight excluding hydrogens is 288 g/mol. The van der Waals surface area contributed by atoms with E-state index in [2.05, 4.69) is 29.1 Å². The topological polar surface area (TPSA) is 43.3 Å². The summed E-state index contributed by atoms with van der Waals surface area (Å²) in [4.78, 5) is 11.7. The van der Waals surface area contributed by atoms with E-state index in [-0.39, 0.29) is 5.91 Å². The lowest BCUT2D eigenvalue weighted by Gasteiger charge is -2.17. The van der Waals surface area contributed by atoms with E-state index in [4.69, 9.17) is 4.74 Å². The van der Waals surface area contributed by atoms with Crippen molar-refractivity contribution >= 4 is 16.8 Å². The molecule has 0 aliphatic heterocycles. The van der Waals surface area contributed by atoms with Gasteiger partial charge in [0, 0.05) is 42.5 Å². The third kappa shape index (κ3) is 2.94. The molecular formula is C19H26N2O2. The molecule has 1 heterocycles. The number of aryl methyl sites for hydroxylation is 1. The van der Waals surface area contributed by atoms with Gasteiger partial charge in [-0.15, -0.1) is 0 Å². The first-order valence-corrected chi connectivity index (χ1v) is 8.57. The molecule has 0 spiro atoms. The van der Waals surface area contributed by atoms with Crippen LogP contribution >= 0.6 is 0 Å². The number of nitrogens with one attached hydrogen (secondary N) is 1. The van der Waals surface area contributed by atoms with Gasteiger partial charge in [-0.3, -0.25) is 4.79 Å². The maximum Gasteiger partial charge on any atom is 0.219 e. The molecule has 0 saturated heterocycles. The number of carbonyl (C=O) groups excluding carboxylic acids is 1. The molecule has 1 N–H and O–H groups in total. The van der Waals surface area contributed by atoms with Gasteiger partial charge in [-0.2, -0.15) is 0 Å². The molecule has 23 heavy (non-hydrogen) atoms. The predicted molar refractivity (Wildman–Crippen MR) is 93.1 cm³/mol. The monoisotopic (exact) mass is 314 g/mol. The number of ether oxygens (including phenoxy) is 1. The molecule has 1 aliphatic rings. The van der Waals surface area contributed by atoms with E-state index < -0.39 is 0 Å². The minimum absolute atomic E-state index is 0.133. The van der Waals surface area contributed by atoms with E-state index in [1.54, 1.807) is 7.11 Å². The molecule has 2 aromatic rings. The zero-order valence-corrected chi connectivity index (χ0v) is 14.3. The number of rotatable bonds is 4. The number of hydrogen-bond acceptors (Lipinski definition) is 2. The van der Waals surface area contributed by atoms with E-state index in [9.17, 15) is 4.79 Å². The van der Waals surface area contributed by atoms with Gasteiger partial charge in [0.15, 0.2) is 0 Å². The Morgan fingerprint density at radius 2 is 2.22 bits per heavy atom. The first-order valence-electron chi connectivity index (χ1n) is 8.57. The summed E-state index contributed by atoms with van der Waals surface area (Å²) in [5.74, 6) is 1.42. The van der Waals surface area contributed by atoms with Gasteiger partial charge in [0.2, 0.25) is 5.91 Å². The van der Waals surface area contributed by atoms with Crippen molar-refractivity contribution in [1.82, 2.24) is 9.88 Å². The maximum atomic E-state index is 11.7. The van der Waals surface area contributed by atoms with Gasteiger partial charge in [0.25, 0.3) is 0 Å². The Balaban J connectivity index is 2.06. The van der Waals surface area contributed by atoms with Crippen molar-refractivity contribution in [3.8, 4) is 5.75 Å². The summed E-state index contributed by atoms with van der Waals surface area (Å²) in [5.41, 5.74) is 4.08. The fourth-order valence-electron chi connectivity index (χ4n) is 3.78. The van der Waals surface area contributed by atoms with Crippen molar-refractivity contribution < 1.29 is 9.53 Å². The normalized spacial score (nSPS) is 17.6. The Kier molecular flexibility index (Phi) is 4.60. The number of aromatic nitrogens is 1. The van der Waals surface area contributed by atoms with Crippen LogP contribution in [0.2, 0.25) is 0 Å². The average Bonchev–Trinajstić information content (AvgIpc) is 2.74. The molecule has 4 nitrogen and oxygen atoms in total. The number of carbonyl (C=O) groups is 1. The van der Waals surface area contributed by atoms with Gasteiger partial charge in [-0.05, 0) is 43.0 Å². The fraction of sp³-hybridized carbons (Fsp3) is 0.526. The molecule has 3 rings (SSSR count). The van der Waals surface area contributed by atoms with Gasteiger partial charge in [-0.1, -0.05) is 13.3 Å². The van der Waals surface area contributed by atoms with E-state index >= 15 is 0 Å². The Morgan fingerprint density at radius 1 is 1.39 bits per heavy atom. The highest BCUT2D eigenvalue weighted by Crippen LogP contribution is 2.38. The summed E-state index contributed by atoms with van der Waals surface area (Å²) in [6.07, 6.45) is 5.22. The second-order valence-corrected chi connectivity index (χ2v) is 6.40. The summed E-state index contributed by atoms with van der Waals surface area (Å²) in [6.45, 7) is 2.63. The standard InChI is InChI=1S/C19H26N2O2/c1-4-18(22)20-12-13-7-5-6-8-17-19(13)15-11-14(23-3)9-10-16(15)21(17)2/h9-11,13H,4-8,12H2,1-3H3,(H,20,22). The fourth-order valence-corrected chi connectivity index (χ4v) is 3.78. The van der Waals surface area contributed by atoms with Crippen LogP contribution in [0.3, 0.4) is 0 Å². The van der Waals surface area contributed by atoms with E-state index in [1.807, 2.05) is 13.0 Å². The molecule has 0 saturated carbocycles. The lowest BCUT2D eigenvalue weighted by Crippen LogP contribution is -2.27. The van der Waals surface area contributed by atoms with Gasteiger partial charge in [0.1, 0.15) is 5.75 Å². The zero-order valence-electron chi connectivity index (χ0n) is 14.3. The van der Waals surface area contributed by atoms with Crippen molar-refractivity contribution in [2.45, 2.75) is 44.9 Å². The number of amides is 1. The Labute approximate surface area is 137 Å². The highest BCUT2D eigenvalue weighted by atomic mass is 16.5. The van der Waals surface area contributed by atoms with Crippen LogP contribution in [0.25, 0.3) is 10.9 Å². The second kappa shape index (κ2) is 6.65. The summed E-state index contributed by atoms with van der Waals surface area (Å²) in [7, 11) is 3.86. The Bertz CT molecular complexity index is 718. The van der Waals surface area contributed by atoms with Crippen LogP contribution in [0.1, 0.15) is 49.8 Å². The first-order chi connectivity index (χ1) is 11.2. The van der Waals surface area contributed by atoms with Crippen molar-refractivity contribution in [3.05, 3.63) is 29.5 Å². The number of fused-ring (bicyclic) bond motifs is 3. The molecule has 0 fully saturated rings. The second-order valence-electron chi connectivity index (χ2n) is 6.40. The van der Waals surface area contributed by atoms with Crippen LogP contribution in [-0.4, -0.2) is 24.1 Å². The number of nitrogens with zero attached hydrogens (tertiary/aromatic N) is 1. The molecule has 1 aromatic carbocycles. The quantitative estimate of drug-likeness (QED) is 0.877. The highest BCUT2D eigenvalue weighted by molar-refractivity contribution is 5.87. The Hall–Kier alpha value is -1.97. The predicted octanol–water partition coefficient (Wildman–Crippen LogP) is 3.52. The van der Waals surface area contributed by atoms with Crippen LogP contribution in [0, 0.1) is 0 Å². The molecule has 1 aliphatic carbocycles. The molecule has 1 amide bonds. The molecule has 1 unspecified atom stereocenters. The van der Waals surface area contributed by atoms with Crippen molar-refractivity contribution in [3.63, 3.8) is 0 Å². The average molecular weight is 314 g/mol. The van der Waals surface area contributed by atoms with Crippen molar-refractivity contribution in [1.29, 1.82) is 0 Å². The molecule has 1 atom stereocenters. The molecule has 124 valence electrons. The summed E-state index contributed by atoms with van der Waals surface area (Å²) >= 11 is 0. The molecule has 0 radical (unpaired) electrons. The van der Waals surface area contributed by atoms with Crippen LogP contribution in [0.15, 0.2) is 18.2 Å². The highest BCUT2D eigenvalue weighted by Gasteiger charge is 2.25. The summed E-state index contributed by atoms with van der Waals surface area (Å²) in [6, 6.07) is 6.31. The number of benzene rings is 1. The minimum Gasteiger partial charge on any atom is -0.497 e. The van der Waals surface area contributed by atoms with Gasteiger partial charge in [0.05, 0.1) is 7.11 Å². The largest absolute Gasteiger partial charge is 0.497 e. The van der Waals surface area contributed by atoms with Gasteiger partial charge >= 0.3 is 0 Å². The van der Waals surface area contributed by atoms with Crippen LogP contribution < -0.4 is 10.1 Å². The third-order valence-corrected chi connectivity index (χ3v) is 5.06. The first kappa shape index (κ1) is 15.9. The van der Waals surface area contributed by atoms with Gasteiger partial charge < -0.3 is 14.6 Å². The van der Waals surface area contributed by atoms with Crippen LogP contribution in [-0.2, 0) is 18.3 Å². The van der Waals surface area contributed by atoms with Crippen molar-refractivity contribution in [2.24, 2.45) is 7.05 Å². The summed E-state index contributed by atoms with van der Waals surface area (Å²) in [5, 5.41) is 4.37. The van der Waals surface area contributed by atoms with Crippen LogP contribution in [0.4, 0.5) is 0 Å². The molecule has 1 aromatic heterocycles. The van der Waals surface area contributed by atoms with E-state index in [0.717, 1.165) is 25.1 Å². The minimum atomic E-state index is 0.133. The van der Waals surface area contributed by atoms with E-state index in [0.29, 0.717) is 12.3 Å². The molecule has 4 heteroatoms. The summed E-state index contributed by atoms with van der Waals surface area (Å²) < 4.78 is 7.75. The lowest BCUT2D eigenvalue weighted by atomic mass is 9.93. The third-order valence-electron chi connectivity index (χ3n) is 5.06. The van der Waals surface area contributed by atoms with Gasteiger partial charge in [-0.25, -0.2) is 0 Å².